The minimum atomic E-state index is 0.471. The lowest BCUT2D eigenvalue weighted by atomic mass is 10.1. The number of nitrogens with zero attached hydrogens (tertiary/aromatic N) is 1. The van der Waals surface area contributed by atoms with Crippen LogP contribution in [0.25, 0.3) is 0 Å². The Kier molecular flexibility index (Phi) is 4.62. The van der Waals surface area contributed by atoms with Gasteiger partial charge in [0.05, 0.1) is 11.6 Å². The van der Waals surface area contributed by atoms with Crippen LogP contribution in [-0.2, 0) is 0 Å². The van der Waals surface area contributed by atoms with Gasteiger partial charge in [0.1, 0.15) is 24.7 Å². The summed E-state index contributed by atoms with van der Waals surface area (Å²) < 4.78 is 11.2. The van der Waals surface area contributed by atoms with Crippen LogP contribution in [0.3, 0.4) is 0 Å². The Labute approximate surface area is 119 Å². The molecule has 0 aliphatic heterocycles. The SMILES string of the molecule is Cc1ccc(OCCOc2ccc(C#N)cc2)cc1C. The maximum absolute atomic E-state index is 8.70. The predicted molar refractivity (Wildman–Crippen MR) is 78.1 cm³/mol. The Morgan fingerprint density at radius 2 is 1.45 bits per heavy atom. The molecule has 20 heavy (non-hydrogen) atoms. The van der Waals surface area contributed by atoms with Crippen molar-refractivity contribution in [3.63, 3.8) is 0 Å². The third-order valence-electron chi connectivity index (χ3n) is 3.08. The molecule has 2 aromatic carbocycles. The first-order valence-corrected chi connectivity index (χ1v) is 6.52. The molecule has 0 fully saturated rings. The van der Waals surface area contributed by atoms with Gasteiger partial charge in [-0.2, -0.15) is 5.26 Å². The number of nitriles is 1. The Hall–Kier alpha value is -2.47. The van der Waals surface area contributed by atoms with Crippen molar-refractivity contribution in [3.8, 4) is 17.6 Å². The van der Waals surface area contributed by atoms with Crippen LogP contribution in [0.4, 0.5) is 0 Å². The summed E-state index contributed by atoms with van der Waals surface area (Å²) in [4.78, 5) is 0. The quantitative estimate of drug-likeness (QED) is 0.777. The zero-order valence-electron chi connectivity index (χ0n) is 11.7. The molecular weight excluding hydrogens is 250 g/mol. The van der Waals surface area contributed by atoms with Crippen LogP contribution in [0.2, 0.25) is 0 Å². The number of aryl methyl sites for hydroxylation is 2. The van der Waals surface area contributed by atoms with Gasteiger partial charge in [0.25, 0.3) is 0 Å². The summed E-state index contributed by atoms with van der Waals surface area (Å²) >= 11 is 0. The van der Waals surface area contributed by atoms with E-state index in [9.17, 15) is 0 Å². The second kappa shape index (κ2) is 6.63. The van der Waals surface area contributed by atoms with Gasteiger partial charge in [0.2, 0.25) is 0 Å². The van der Waals surface area contributed by atoms with Gasteiger partial charge in [-0.3, -0.25) is 0 Å². The van der Waals surface area contributed by atoms with Crippen LogP contribution in [0.15, 0.2) is 42.5 Å². The third-order valence-corrected chi connectivity index (χ3v) is 3.08. The number of hydrogen-bond acceptors (Lipinski definition) is 3. The van der Waals surface area contributed by atoms with Crippen molar-refractivity contribution in [1.82, 2.24) is 0 Å². The number of benzene rings is 2. The van der Waals surface area contributed by atoms with Crippen LogP contribution >= 0.6 is 0 Å². The zero-order chi connectivity index (χ0) is 14.4. The van der Waals surface area contributed by atoms with Gasteiger partial charge in [-0.05, 0) is 61.4 Å². The first-order valence-electron chi connectivity index (χ1n) is 6.52. The summed E-state index contributed by atoms with van der Waals surface area (Å²) in [5.41, 5.74) is 3.10. The number of ether oxygens (including phenoxy) is 2. The highest BCUT2D eigenvalue weighted by Gasteiger charge is 1.98. The molecule has 3 nitrogen and oxygen atoms in total. The second-order valence-corrected chi connectivity index (χ2v) is 4.58. The van der Waals surface area contributed by atoms with E-state index in [0.717, 1.165) is 11.5 Å². The van der Waals surface area contributed by atoms with Crippen LogP contribution < -0.4 is 9.47 Å². The van der Waals surface area contributed by atoms with Gasteiger partial charge in [-0.15, -0.1) is 0 Å². The first kappa shape index (κ1) is 14.0. The van der Waals surface area contributed by atoms with Crippen LogP contribution in [0, 0.1) is 25.2 Å². The average Bonchev–Trinajstić information content (AvgIpc) is 2.48. The number of rotatable bonds is 5. The summed E-state index contributed by atoms with van der Waals surface area (Å²) in [6, 6.07) is 15.2. The lowest BCUT2D eigenvalue weighted by Crippen LogP contribution is -2.09. The van der Waals surface area contributed by atoms with Gasteiger partial charge in [-0.1, -0.05) is 6.07 Å². The summed E-state index contributed by atoms with van der Waals surface area (Å²) in [6.45, 7) is 5.10. The fourth-order valence-electron chi connectivity index (χ4n) is 1.75. The predicted octanol–water partition coefficient (Wildman–Crippen LogP) is 3.63. The van der Waals surface area contributed by atoms with E-state index in [1.54, 1.807) is 24.3 Å². The van der Waals surface area contributed by atoms with Crippen molar-refractivity contribution < 1.29 is 9.47 Å². The minimum Gasteiger partial charge on any atom is -0.490 e. The van der Waals surface area contributed by atoms with E-state index in [1.807, 2.05) is 18.2 Å². The fraction of sp³-hybridized carbons (Fsp3) is 0.235. The van der Waals surface area contributed by atoms with Crippen molar-refractivity contribution >= 4 is 0 Å². The Morgan fingerprint density at radius 3 is 2.05 bits per heavy atom. The molecule has 0 saturated carbocycles. The van der Waals surface area contributed by atoms with E-state index in [-0.39, 0.29) is 0 Å². The molecular formula is C17H17NO2. The highest BCUT2D eigenvalue weighted by molar-refractivity contribution is 5.35. The lowest BCUT2D eigenvalue weighted by molar-refractivity contribution is 0.217. The van der Waals surface area contributed by atoms with E-state index in [4.69, 9.17) is 14.7 Å². The maximum atomic E-state index is 8.70. The minimum absolute atomic E-state index is 0.471. The molecule has 0 bridgehead atoms. The molecule has 3 heteroatoms. The van der Waals surface area contributed by atoms with Crippen molar-refractivity contribution in [2.75, 3.05) is 13.2 Å². The van der Waals surface area contributed by atoms with Gasteiger partial charge in [0.15, 0.2) is 0 Å². The van der Waals surface area contributed by atoms with Crippen LogP contribution in [0.1, 0.15) is 16.7 Å². The fourth-order valence-corrected chi connectivity index (χ4v) is 1.75. The van der Waals surface area contributed by atoms with Crippen molar-refractivity contribution in [2.24, 2.45) is 0 Å². The van der Waals surface area contributed by atoms with E-state index in [1.165, 1.54) is 11.1 Å². The standard InChI is InChI=1S/C17H17NO2/c1-13-3-6-17(11-14(13)2)20-10-9-19-16-7-4-15(12-18)5-8-16/h3-8,11H,9-10H2,1-2H3. The molecule has 0 atom stereocenters. The van der Waals surface area contributed by atoms with Gasteiger partial charge in [0, 0.05) is 0 Å². The van der Waals surface area contributed by atoms with E-state index < -0.39 is 0 Å². The van der Waals surface area contributed by atoms with Gasteiger partial charge >= 0.3 is 0 Å². The van der Waals surface area contributed by atoms with Gasteiger partial charge < -0.3 is 9.47 Å². The molecule has 0 N–H and O–H groups in total. The normalized spacial score (nSPS) is 9.85. The Balaban J connectivity index is 1.78. The molecule has 0 amide bonds. The lowest BCUT2D eigenvalue weighted by Gasteiger charge is -2.09. The highest BCUT2D eigenvalue weighted by Crippen LogP contribution is 2.16. The molecule has 0 spiro atoms. The molecule has 102 valence electrons. The van der Waals surface area contributed by atoms with Crippen molar-refractivity contribution in [2.45, 2.75) is 13.8 Å². The summed E-state index contributed by atoms with van der Waals surface area (Å²) in [6.07, 6.45) is 0. The monoisotopic (exact) mass is 267 g/mol. The Bertz CT molecular complexity index is 612. The molecule has 0 aliphatic rings. The summed E-state index contributed by atoms with van der Waals surface area (Å²) in [7, 11) is 0. The first-order chi connectivity index (χ1) is 9.69. The molecule has 0 aromatic heterocycles. The molecule has 0 radical (unpaired) electrons. The molecule has 2 rings (SSSR count). The smallest absolute Gasteiger partial charge is 0.122 e. The van der Waals surface area contributed by atoms with E-state index in [0.29, 0.717) is 18.8 Å². The average molecular weight is 267 g/mol. The van der Waals surface area contributed by atoms with Crippen LogP contribution in [0.5, 0.6) is 11.5 Å². The molecule has 2 aromatic rings. The number of hydrogen-bond donors (Lipinski definition) is 0. The highest BCUT2D eigenvalue weighted by atomic mass is 16.5. The van der Waals surface area contributed by atoms with E-state index >= 15 is 0 Å². The third kappa shape index (κ3) is 3.76. The van der Waals surface area contributed by atoms with Gasteiger partial charge in [-0.25, -0.2) is 0 Å². The largest absolute Gasteiger partial charge is 0.490 e. The molecule has 0 unspecified atom stereocenters. The van der Waals surface area contributed by atoms with Crippen molar-refractivity contribution in [1.29, 1.82) is 5.26 Å². The van der Waals surface area contributed by atoms with Crippen molar-refractivity contribution in [3.05, 3.63) is 59.2 Å². The summed E-state index contributed by atoms with van der Waals surface area (Å²) in [5.74, 6) is 1.60. The van der Waals surface area contributed by atoms with E-state index in [2.05, 4.69) is 19.9 Å². The molecule has 0 saturated heterocycles. The molecule has 0 aliphatic carbocycles. The molecule has 0 heterocycles. The summed E-state index contributed by atoms with van der Waals surface area (Å²) in [5, 5.41) is 8.70. The van der Waals surface area contributed by atoms with Crippen LogP contribution in [-0.4, -0.2) is 13.2 Å². The maximum Gasteiger partial charge on any atom is 0.122 e. The second-order valence-electron chi connectivity index (χ2n) is 4.58. The Morgan fingerprint density at radius 1 is 0.850 bits per heavy atom. The topological polar surface area (TPSA) is 42.2 Å². The zero-order valence-corrected chi connectivity index (χ0v) is 11.7.